The Morgan fingerprint density at radius 1 is 1.25 bits per heavy atom. The van der Waals surface area contributed by atoms with Gasteiger partial charge in [-0.15, -0.1) is 0 Å². The van der Waals surface area contributed by atoms with Crippen molar-refractivity contribution in [1.29, 1.82) is 0 Å². The topological polar surface area (TPSA) is 64.1 Å². The van der Waals surface area contributed by atoms with Gasteiger partial charge in [0.15, 0.2) is 5.96 Å². The number of nitrogens with one attached hydrogen (secondary N) is 2. The Morgan fingerprint density at radius 3 is 2.75 bits per heavy atom. The van der Waals surface area contributed by atoms with Crippen molar-refractivity contribution < 1.29 is 14.2 Å². The van der Waals surface area contributed by atoms with Crippen molar-refractivity contribution in [3.8, 4) is 5.75 Å². The quantitative estimate of drug-likeness (QED) is 0.555. The highest BCUT2D eigenvalue weighted by Gasteiger charge is 2.37. The van der Waals surface area contributed by atoms with Crippen molar-refractivity contribution in [3.05, 3.63) is 29.3 Å². The van der Waals surface area contributed by atoms with Crippen LogP contribution in [0.3, 0.4) is 0 Å². The normalized spacial score (nSPS) is 22.1. The maximum absolute atomic E-state index is 5.73. The molecule has 1 aromatic rings. The minimum atomic E-state index is -0.0676. The number of methoxy groups -OCH3 is 1. The summed E-state index contributed by atoms with van der Waals surface area (Å²) in [5.41, 5.74) is 2.42. The van der Waals surface area contributed by atoms with Crippen LogP contribution in [-0.4, -0.2) is 58.6 Å². The van der Waals surface area contributed by atoms with Crippen molar-refractivity contribution in [3.63, 3.8) is 0 Å². The van der Waals surface area contributed by atoms with Crippen molar-refractivity contribution in [2.75, 3.05) is 46.6 Å². The van der Waals surface area contributed by atoms with Crippen LogP contribution in [0, 0.1) is 6.92 Å². The van der Waals surface area contributed by atoms with Gasteiger partial charge < -0.3 is 24.8 Å². The molecular formula is C22H35N3O3. The molecule has 2 heterocycles. The van der Waals surface area contributed by atoms with E-state index >= 15 is 0 Å². The first kappa shape index (κ1) is 20.9. The van der Waals surface area contributed by atoms with E-state index in [0.717, 1.165) is 70.3 Å². The van der Waals surface area contributed by atoms with Crippen molar-refractivity contribution >= 4 is 5.96 Å². The molecule has 2 saturated heterocycles. The highest BCUT2D eigenvalue weighted by Crippen LogP contribution is 2.40. The highest BCUT2D eigenvalue weighted by molar-refractivity contribution is 5.79. The van der Waals surface area contributed by atoms with E-state index in [1.54, 1.807) is 7.11 Å². The Bertz CT molecular complexity index is 650. The first-order valence-electron chi connectivity index (χ1n) is 10.5. The molecule has 0 amide bonds. The molecule has 0 radical (unpaired) electrons. The molecule has 2 aliphatic heterocycles. The van der Waals surface area contributed by atoms with Crippen LogP contribution < -0.4 is 15.4 Å². The number of ether oxygens (including phenoxy) is 3. The molecule has 1 atom stereocenters. The summed E-state index contributed by atoms with van der Waals surface area (Å²) in [4.78, 5) is 4.98. The van der Waals surface area contributed by atoms with E-state index in [0.29, 0.717) is 6.54 Å². The molecule has 3 rings (SSSR count). The molecule has 0 spiro atoms. The molecule has 1 aromatic carbocycles. The van der Waals surface area contributed by atoms with E-state index in [4.69, 9.17) is 19.2 Å². The average molecular weight is 390 g/mol. The first-order chi connectivity index (χ1) is 13.7. The van der Waals surface area contributed by atoms with Gasteiger partial charge in [0.2, 0.25) is 0 Å². The van der Waals surface area contributed by atoms with Crippen LogP contribution in [0.25, 0.3) is 0 Å². The fraction of sp³-hybridized carbons (Fsp3) is 0.682. The lowest BCUT2D eigenvalue weighted by Crippen LogP contribution is -2.43. The number of aryl methyl sites for hydroxylation is 1. The average Bonchev–Trinajstić information content (AvgIpc) is 3.24. The van der Waals surface area contributed by atoms with Gasteiger partial charge in [-0.1, -0.05) is 17.7 Å². The van der Waals surface area contributed by atoms with Crippen LogP contribution in [0.5, 0.6) is 5.75 Å². The third-order valence-corrected chi connectivity index (χ3v) is 5.78. The summed E-state index contributed by atoms with van der Waals surface area (Å²) in [7, 11) is 1.75. The van der Waals surface area contributed by atoms with Crippen LogP contribution >= 0.6 is 0 Å². The molecule has 0 aliphatic carbocycles. The molecule has 2 N–H and O–H groups in total. The fourth-order valence-corrected chi connectivity index (χ4v) is 4.10. The van der Waals surface area contributed by atoms with Crippen LogP contribution in [-0.2, 0) is 14.9 Å². The van der Waals surface area contributed by atoms with Crippen molar-refractivity contribution in [2.24, 2.45) is 4.99 Å². The van der Waals surface area contributed by atoms with E-state index in [-0.39, 0.29) is 11.5 Å². The summed E-state index contributed by atoms with van der Waals surface area (Å²) in [5.74, 6) is 1.80. The zero-order chi connectivity index (χ0) is 19.8. The van der Waals surface area contributed by atoms with Crippen LogP contribution in [0.4, 0.5) is 0 Å². The monoisotopic (exact) mass is 389 g/mol. The molecule has 0 saturated carbocycles. The molecule has 2 aliphatic rings. The minimum Gasteiger partial charge on any atom is -0.496 e. The molecule has 1 unspecified atom stereocenters. The van der Waals surface area contributed by atoms with E-state index in [2.05, 4.69) is 42.7 Å². The minimum absolute atomic E-state index is 0.0676. The molecular weight excluding hydrogens is 354 g/mol. The fourth-order valence-electron chi connectivity index (χ4n) is 4.10. The third-order valence-electron chi connectivity index (χ3n) is 5.78. The zero-order valence-corrected chi connectivity index (χ0v) is 17.6. The second-order valence-corrected chi connectivity index (χ2v) is 7.81. The van der Waals surface area contributed by atoms with Crippen LogP contribution in [0.15, 0.2) is 23.2 Å². The lowest BCUT2D eigenvalue weighted by Gasteiger charge is -2.37. The Labute approximate surface area is 169 Å². The Balaban J connectivity index is 1.80. The third kappa shape index (κ3) is 5.17. The maximum atomic E-state index is 5.73. The summed E-state index contributed by atoms with van der Waals surface area (Å²) < 4.78 is 17.1. The van der Waals surface area contributed by atoms with Crippen molar-refractivity contribution in [2.45, 2.75) is 51.0 Å². The molecule has 28 heavy (non-hydrogen) atoms. The van der Waals surface area contributed by atoms with E-state index in [9.17, 15) is 0 Å². The van der Waals surface area contributed by atoms with Crippen molar-refractivity contribution in [1.82, 2.24) is 10.6 Å². The number of aliphatic imine (C=N–C) groups is 1. The summed E-state index contributed by atoms with van der Waals surface area (Å²) in [6, 6.07) is 6.44. The highest BCUT2D eigenvalue weighted by atomic mass is 16.5. The van der Waals surface area contributed by atoms with E-state index < -0.39 is 0 Å². The number of hydrogen-bond acceptors (Lipinski definition) is 4. The summed E-state index contributed by atoms with van der Waals surface area (Å²) in [6.45, 7) is 8.95. The van der Waals surface area contributed by atoms with Gasteiger partial charge in [0.1, 0.15) is 5.75 Å². The lowest BCUT2D eigenvalue weighted by atomic mass is 9.73. The molecule has 156 valence electrons. The number of rotatable bonds is 7. The second kappa shape index (κ2) is 10.1. The van der Waals surface area contributed by atoms with E-state index in [1.807, 2.05) is 0 Å². The molecule has 0 aromatic heterocycles. The molecule has 0 bridgehead atoms. The smallest absolute Gasteiger partial charge is 0.191 e. The Hall–Kier alpha value is -1.79. The van der Waals surface area contributed by atoms with Gasteiger partial charge in [-0.3, -0.25) is 4.99 Å². The Kier molecular flexibility index (Phi) is 7.57. The van der Waals surface area contributed by atoms with Crippen LogP contribution in [0.2, 0.25) is 0 Å². The Morgan fingerprint density at radius 2 is 2.07 bits per heavy atom. The predicted molar refractivity (Wildman–Crippen MR) is 112 cm³/mol. The number of benzene rings is 1. The maximum Gasteiger partial charge on any atom is 0.191 e. The van der Waals surface area contributed by atoms with Gasteiger partial charge in [-0.05, 0) is 45.6 Å². The SMILES string of the molecule is CCNC(=NCC1(c2cc(C)ccc2OC)CCOCC1)NCC1CCCO1. The molecule has 6 heteroatoms. The van der Waals surface area contributed by atoms with Gasteiger partial charge >= 0.3 is 0 Å². The van der Waals surface area contributed by atoms with E-state index in [1.165, 1.54) is 11.1 Å². The summed E-state index contributed by atoms with van der Waals surface area (Å²) >= 11 is 0. The number of nitrogens with zero attached hydrogens (tertiary/aromatic N) is 1. The van der Waals surface area contributed by atoms with Gasteiger partial charge in [-0.25, -0.2) is 0 Å². The number of hydrogen-bond donors (Lipinski definition) is 2. The standard InChI is InChI=1S/C22H35N3O3/c1-4-23-21(24-15-18-6-5-11-28-18)25-16-22(9-12-27-13-10-22)19-14-17(2)7-8-20(19)26-3/h7-8,14,18H,4-6,9-13,15-16H2,1-3H3,(H2,23,24,25). The van der Waals surface area contributed by atoms with Gasteiger partial charge in [0.25, 0.3) is 0 Å². The van der Waals surface area contributed by atoms with Crippen LogP contribution in [0.1, 0.15) is 43.7 Å². The zero-order valence-electron chi connectivity index (χ0n) is 17.6. The first-order valence-corrected chi connectivity index (χ1v) is 10.5. The second-order valence-electron chi connectivity index (χ2n) is 7.81. The van der Waals surface area contributed by atoms with Gasteiger partial charge in [-0.2, -0.15) is 0 Å². The predicted octanol–water partition coefficient (Wildman–Crippen LogP) is 2.79. The van der Waals surface area contributed by atoms with Gasteiger partial charge in [0, 0.05) is 43.9 Å². The molecule has 2 fully saturated rings. The molecule has 6 nitrogen and oxygen atoms in total. The van der Waals surface area contributed by atoms with Gasteiger partial charge in [0.05, 0.1) is 19.8 Å². The number of guanidine groups is 1. The largest absolute Gasteiger partial charge is 0.496 e. The summed E-state index contributed by atoms with van der Waals surface area (Å²) in [5, 5.41) is 6.84. The lowest BCUT2D eigenvalue weighted by molar-refractivity contribution is 0.0522. The summed E-state index contributed by atoms with van der Waals surface area (Å²) in [6.07, 6.45) is 4.45.